The van der Waals surface area contributed by atoms with Crippen LogP contribution in [0.3, 0.4) is 0 Å². The molecule has 0 aromatic heterocycles. The average Bonchev–Trinajstić information content (AvgIpc) is 1.99. The molecule has 0 amide bonds. The largest absolute Gasteiger partial charge is 0.300 e. The molecule has 0 radical (unpaired) electrons. The van der Waals surface area contributed by atoms with Crippen LogP contribution in [-0.4, -0.2) is 5.78 Å². The van der Waals surface area contributed by atoms with E-state index in [4.69, 9.17) is 0 Å². The maximum atomic E-state index is 11.2. The molecule has 0 spiro atoms. The lowest BCUT2D eigenvalue weighted by atomic mass is 9.59. The van der Waals surface area contributed by atoms with Crippen LogP contribution < -0.4 is 0 Å². The third-order valence-electron chi connectivity index (χ3n) is 4.22. The Labute approximate surface area is 94.6 Å². The summed E-state index contributed by atoms with van der Waals surface area (Å²) in [6, 6.07) is 0. The van der Waals surface area contributed by atoms with E-state index in [-0.39, 0.29) is 0 Å². The molecule has 0 saturated heterocycles. The van der Waals surface area contributed by atoms with Crippen molar-refractivity contribution < 1.29 is 4.79 Å². The predicted octanol–water partition coefficient (Wildman–Crippen LogP) is 4.06. The molecule has 3 unspecified atom stereocenters. The summed E-state index contributed by atoms with van der Waals surface area (Å²) < 4.78 is 0. The first-order chi connectivity index (χ1) is 6.84. The van der Waals surface area contributed by atoms with E-state index in [9.17, 15) is 4.79 Å². The minimum Gasteiger partial charge on any atom is -0.300 e. The van der Waals surface area contributed by atoms with Crippen molar-refractivity contribution in [2.75, 3.05) is 0 Å². The van der Waals surface area contributed by atoms with Crippen molar-refractivity contribution in [2.45, 2.75) is 60.3 Å². The molecule has 0 aromatic rings. The highest BCUT2D eigenvalue weighted by Crippen LogP contribution is 2.48. The molecule has 1 heteroatoms. The van der Waals surface area contributed by atoms with Gasteiger partial charge in [0.2, 0.25) is 0 Å². The Morgan fingerprint density at radius 3 is 2.53 bits per heavy atom. The number of Topliss-reactive ketones (excluding diaryl/α,β-unsaturated/α-hetero) is 1. The monoisotopic (exact) mass is 210 g/mol. The van der Waals surface area contributed by atoms with Crippen molar-refractivity contribution in [3.05, 3.63) is 0 Å². The molecule has 15 heavy (non-hydrogen) atoms. The van der Waals surface area contributed by atoms with Crippen molar-refractivity contribution in [3.63, 3.8) is 0 Å². The summed E-state index contributed by atoms with van der Waals surface area (Å²) in [4.78, 5) is 11.2. The van der Waals surface area contributed by atoms with Crippen LogP contribution >= 0.6 is 0 Å². The van der Waals surface area contributed by atoms with Crippen LogP contribution in [0, 0.1) is 23.2 Å². The third kappa shape index (κ3) is 3.06. The number of carbonyl (C=O) groups excluding carboxylic acids is 1. The van der Waals surface area contributed by atoms with Crippen molar-refractivity contribution in [1.29, 1.82) is 0 Å². The molecule has 1 saturated carbocycles. The Kier molecular flexibility index (Phi) is 3.97. The van der Waals surface area contributed by atoms with Gasteiger partial charge in [-0.3, -0.25) is 0 Å². The molecule has 88 valence electrons. The summed E-state index contributed by atoms with van der Waals surface area (Å²) in [7, 11) is 0. The van der Waals surface area contributed by atoms with Gasteiger partial charge in [0.25, 0.3) is 0 Å². The number of hydrogen-bond acceptors (Lipinski definition) is 1. The Balaban J connectivity index is 2.73. The van der Waals surface area contributed by atoms with Crippen LogP contribution in [0.2, 0.25) is 0 Å². The van der Waals surface area contributed by atoms with Crippen molar-refractivity contribution in [2.24, 2.45) is 23.2 Å². The van der Waals surface area contributed by atoms with Crippen molar-refractivity contribution in [1.82, 2.24) is 0 Å². The highest BCUT2D eigenvalue weighted by molar-refractivity contribution is 5.75. The Morgan fingerprint density at radius 2 is 2.07 bits per heavy atom. The van der Waals surface area contributed by atoms with Gasteiger partial charge in [-0.2, -0.15) is 0 Å². The van der Waals surface area contributed by atoms with Gasteiger partial charge in [-0.15, -0.1) is 0 Å². The zero-order valence-corrected chi connectivity index (χ0v) is 11.0. The molecule has 0 heterocycles. The maximum absolute atomic E-state index is 11.2. The first-order valence-electron chi connectivity index (χ1n) is 6.34. The molecule has 3 atom stereocenters. The highest BCUT2D eigenvalue weighted by Gasteiger charge is 2.39. The topological polar surface area (TPSA) is 17.1 Å². The summed E-state index contributed by atoms with van der Waals surface area (Å²) in [5.41, 5.74) is 0.423. The summed E-state index contributed by atoms with van der Waals surface area (Å²) in [6.45, 7) is 11.1. The fourth-order valence-electron chi connectivity index (χ4n) is 3.91. The Hall–Kier alpha value is -0.330. The van der Waals surface area contributed by atoms with E-state index >= 15 is 0 Å². The van der Waals surface area contributed by atoms with Crippen LogP contribution in [0.1, 0.15) is 60.3 Å². The van der Waals surface area contributed by atoms with Crippen LogP contribution in [-0.2, 0) is 4.79 Å². The van der Waals surface area contributed by atoms with E-state index in [0.29, 0.717) is 17.1 Å². The molecule has 1 fully saturated rings. The maximum Gasteiger partial charge on any atom is 0.130 e. The number of hydrogen-bond donors (Lipinski definition) is 0. The molecular formula is C14H26O. The summed E-state index contributed by atoms with van der Waals surface area (Å²) in [5.74, 6) is 2.39. The molecule has 0 bridgehead atoms. The van der Waals surface area contributed by atoms with Crippen LogP contribution in [0.5, 0.6) is 0 Å². The lowest BCUT2D eigenvalue weighted by Crippen LogP contribution is -2.38. The average molecular weight is 210 g/mol. The van der Waals surface area contributed by atoms with Gasteiger partial charge in [-0.1, -0.05) is 40.5 Å². The second-order valence-corrected chi connectivity index (χ2v) is 6.27. The minimum absolute atomic E-state index is 0.344. The second kappa shape index (κ2) is 4.67. The minimum atomic E-state index is 0.344. The smallest absolute Gasteiger partial charge is 0.130 e. The molecule has 1 rings (SSSR count). The van der Waals surface area contributed by atoms with Gasteiger partial charge in [0.15, 0.2) is 0 Å². The molecule has 0 aromatic carbocycles. The number of carbonyl (C=O) groups is 1. The summed E-state index contributed by atoms with van der Waals surface area (Å²) >= 11 is 0. The normalized spacial score (nSPS) is 32.3. The quantitative estimate of drug-likeness (QED) is 0.686. The highest BCUT2D eigenvalue weighted by atomic mass is 16.1. The SMILES string of the molecule is CC(=O)CC(C)C1C(C)CCCC1(C)C. The van der Waals surface area contributed by atoms with Gasteiger partial charge < -0.3 is 4.79 Å². The van der Waals surface area contributed by atoms with E-state index in [1.807, 2.05) is 0 Å². The molecular weight excluding hydrogens is 184 g/mol. The van der Waals surface area contributed by atoms with Gasteiger partial charge in [-0.05, 0) is 36.5 Å². The first-order valence-corrected chi connectivity index (χ1v) is 6.34. The van der Waals surface area contributed by atoms with Crippen molar-refractivity contribution >= 4 is 5.78 Å². The molecule has 0 aliphatic heterocycles. The zero-order chi connectivity index (χ0) is 11.6. The third-order valence-corrected chi connectivity index (χ3v) is 4.22. The fourth-order valence-corrected chi connectivity index (χ4v) is 3.91. The lowest BCUT2D eigenvalue weighted by molar-refractivity contribution is -0.119. The van der Waals surface area contributed by atoms with Gasteiger partial charge in [0.05, 0.1) is 0 Å². The van der Waals surface area contributed by atoms with E-state index in [0.717, 1.165) is 18.3 Å². The first kappa shape index (κ1) is 12.7. The summed E-state index contributed by atoms with van der Waals surface area (Å²) in [5, 5.41) is 0. The van der Waals surface area contributed by atoms with Crippen LogP contribution in [0.25, 0.3) is 0 Å². The van der Waals surface area contributed by atoms with Crippen molar-refractivity contribution in [3.8, 4) is 0 Å². The second-order valence-electron chi connectivity index (χ2n) is 6.27. The molecule has 1 aliphatic rings. The molecule has 1 aliphatic carbocycles. The molecule has 1 nitrogen and oxygen atoms in total. The van der Waals surface area contributed by atoms with Crippen LogP contribution in [0.4, 0.5) is 0 Å². The number of ketones is 1. The Morgan fingerprint density at radius 1 is 1.47 bits per heavy atom. The van der Waals surface area contributed by atoms with Gasteiger partial charge >= 0.3 is 0 Å². The van der Waals surface area contributed by atoms with E-state index in [1.54, 1.807) is 6.92 Å². The van der Waals surface area contributed by atoms with Gasteiger partial charge in [0, 0.05) is 6.42 Å². The van der Waals surface area contributed by atoms with E-state index in [2.05, 4.69) is 27.7 Å². The molecule has 0 N–H and O–H groups in total. The lowest BCUT2D eigenvalue weighted by Gasteiger charge is -2.46. The van der Waals surface area contributed by atoms with E-state index in [1.165, 1.54) is 19.3 Å². The van der Waals surface area contributed by atoms with E-state index < -0.39 is 0 Å². The standard InChI is InChI=1S/C14H26O/c1-10-7-6-8-14(4,5)13(10)11(2)9-12(3)15/h10-11,13H,6-9H2,1-5H3. The fraction of sp³-hybridized carbons (Fsp3) is 0.929. The van der Waals surface area contributed by atoms with Crippen LogP contribution in [0.15, 0.2) is 0 Å². The zero-order valence-electron chi connectivity index (χ0n) is 11.0. The number of rotatable bonds is 3. The summed E-state index contributed by atoms with van der Waals surface area (Å²) in [6.07, 6.45) is 4.79. The van der Waals surface area contributed by atoms with Gasteiger partial charge in [0.1, 0.15) is 5.78 Å². The Bertz CT molecular complexity index is 229. The van der Waals surface area contributed by atoms with Gasteiger partial charge in [-0.25, -0.2) is 0 Å². The predicted molar refractivity (Wildman–Crippen MR) is 64.7 cm³/mol.